The van der Waals surface area contributed by atoms with Crippen molar-refractivity contribution in [2.75, 3.05) is 4.72 Å². The predicted octanol–water partition coefficient (Wildman–Crippen LogP) is 4.69. The Balaban J connectivity index is 1.51. The average molecular weight is 545 g/mol. The van der Waals surface area contributed by atoms with Gasteiger partial charge in [0.1, 0.15) is 11.3 Å². The number of carbonyl (C=O) groups excluding carboxylic acids is 1. The fourth-order valence-electron chi connectivity index (χ4n) is 4.59. The number of benzene rings is 2. The number of H-pyrrole nitrogens is 1. The van der Waals surface area contributed by atoms with E-state index >= 15 is 0 Å². The molecule has 38 heavy (non-hydrogen) atoms. The summed E-state index contributed by atoms with van der Waals surface area (Å²) in [5, 5.41) is 13.5. The van der Waals surface area contributed by atoms with Crippen LogP contribution < -0.4 is 10.0 Å². The van der Waals surface area contributed by atoms with Crippen LogP contribution in [0.5, 0.6) is 0 Å². The highest BCUT2D eigenvalue weighted by molar-refractivity contribution is 7.92. The summed E-state index contributed by atoms with van der Waals surface area (Å²) < 4.78 is 66.7. The molecule has 1 aliphatic carbocycles. The lowest BCUT2D eigenvalue weighted by Gasteiger charge is -2.16. The van der Waals surface area contributed by atoms with Crippen LogP contribution in [0, 0.1) is 0 Å². The van der Waals surface area contributed by atoms with E-state index in [1.165, 1.54) is 12.3 Å². The van der Waals surface area contributed by atoms with Gasteiger partial charge in [0.25, 0.3) is 15.9 Å². The van der Waals surface area contributed by atoms with E-state index < -0.39 is 33.8 Å². The molecule has 1 fully saturated rings. The summed E-state index contributed by atoms with van der Waals surface area (Å²) in [6.07, 6.45) is -1.92. The molecule has 8 nitrogen and oxygen atoms in total. The van der Waals surface area contributed by atoms with Gasteiger partial charge >= 0.3 is 6.18 Å². The zero-order valence-electron chi connectivity index (χ0n) is 19.8. The Hall–Kier alpha value is -3.90. The van der Waals surface area contributed by atoms with E-state index in [1.54, 1.807) is 24.3 Å². The zero-order valence-corrected chi connectivity index (χ0v) is 20.6. The number of rotatable bonds is 6. The molecule has 198 valence electrons. The Labute approximate surface area is 216 Å². The van der Waals surface area contributed by atoms with Gasteiger partial charge in [-0.2, -0.15) is 13.2 Å². The number of hydrogen-bond acceptors (Lipinski definition) is 5. The number of sulfonamides is 1. The van der Waals surface area contributed by atoms with Gasteiger partial charge in [0.2, 0.25) is 0 Å². The van der Waals surface area contributed by atoms with E-state index in [2.05, 4.69) is 20.0 Å². The number of anilines is 1. The first-order chi connectivity index (χ1) is 18.0. The molecule has 1 amide bonds. The molecule has 4 N–H and O–H groups in total. The van der Waals surface area contributed by atoms with E-state index in [1.807, 2.05) is 6.07 Å². The van der Waals surface area contributed by atoms with Crippen molar-refractivity contribution in [2.45, 2.75) is 42.5 Å². The van der Waals surface area contributed by atoms with E-state index in [-0.39, 0.29) is 22.3 Å². The van der Waals surface area contributed by atoms with E-state index in [0.29, 0.717) is 47.1 Å². The van der Waals surface area contributed by atoms with Crippen LogP contribution in [0.4, 0.5) is 18.9 Å². The molecule has 2 heterocycles. The highest BCUT2D eigenvalue weighted by Gasteiger charge is 2.31. The second-order valence-corrected chi connectivity index (χ2v) is 10.7. The summed E-state index contributed by atoms with van der Waals surface area (Å²) in [5.41, 5.74) is 0.815. The number of nitrogens with zero attached hydrogens (tertiary/aromatic N) is 1. The minimum atomic E-state index is -4.59. The van der Waals surface area contributed by atoms with Crippen molar-refractivity contribution in [2.24, 2.45) is 0 Å². The molecule has 0 spiro atoms. The Bertz CT molecular complexity index is 1590. The summed E-state index contributed by atoms with van der Waals surface area (Å²) in [7, 11) is -4.23. The molecule has 1 aliphatic rings. The van der Waals surface area contributed by atoms with Gasteiger partial charge in [0.05, 0.1) is 34.5 Å². The Kier molecular flexibility index (Phi) is 6.61. The lowest BCUT2D eigenvalue weighted by atomic mass is 10.0. The molecular formula is C26H23F3N4O4S. The van der Waals surface area contributed by atoms with Crippen LogP contribution in [0.15, 0.2) is 71.8 Å². The molecule has 4 aromatic rings. The normalized spacial score (nSPS) is 18.0. The number of pyridine rings is 1. The quantitative estimate of drug-likeness (QED) is 0.280. The molecule has 0 unspecified atom stereocenters. The molecular weight excluding hydrogens is 521 g/mol. The van der Waals surface area contributed by atoms with Crippen molar-refractivity contribution >= 4 is 32.7 Å². The molecule has 12 heteroatoms. The van der Waals surface area contributed by atoms with Gasteiger partial charge in [-0.05, 0) is 55.2 Å². The number of aromatic nitrogens is 2. The van der Waals surface area contributed by atoms with Gasteiger partial charge in [-0.25, -0.2) is 13.4 Å². The highest BCUT2D eigenvalue weighted by Crippen LogP contribution is 2.34. The molecule has 0 bridgehead atoms. The SMILES string of the molecule is O=C(N[C@H]1CCC[C@H]1O)c1[nH]c2ncc(NS(=O)(=O)c3ccc(C(F)(F)F)cc3)cc2c1-c1ccccc1. The van der Waals surface area contributed by atoms with Crippen LogP contribution in [0.3, 0.4) is 0 Å². The van der Waals surface area contributed by atoms with Crippen LogP contribution in [-0.4, -0.2) is 41.5 Å². The topological polar surface area (TPSA) is 124 Å². The van der Waals surface area contributed by atoms with Gasteiger partial charge in [-0.15, -0.1) is 0 Å². The first kappa shape index (κ1) is 25.7. The number of carbonyl (C=O) groups is 1. The van der Waals surface area contributed by atoms with Gasteiger partial charge in [0, 0.05) is 10.9 Å². The van der Waals surface area contributed by atoms with Gasteiger partial charge in [-0.3, -0.25) is 9.52 Å². The first-order valence-corrected chi connectivity index (χ1v) is 13.3. The van der Waals surface area contributed by atoms with Crippen LogP contribution in [-0.2, 0) is 16.2 Å². The maximum absolute atomic E-state index is 13.2. The first-order valence-electron chi connectivity index (χ1n) is 11.8. The van der Waals surface area contributed by atoms with Crippen LogP contribution in [0.1, 0.15) is 35.3 Å². The molecule has 2 aromatic heterocycles. The fraction of sp³-hybridized carbons (Fsp3) is 0.231. The summed E-state index contributed by atoms with van der Waals surface area (Å²) in [6.45, 7) is 0. The van der Waals surface area contributed by atoms with E-state index in [4.69, 9.17) is 0 Å². The molecule has 0 aliphatic heterocycles. The average Bonchev–Trinajstić information content (AvgIpc) is 3.46. The number of hydrogen-bond donors (Lipinski definition) is 4. The lowest BCUT2D eigenvalue weighted by molar-refractivity contribution is -0.137. The van der Waals surface area contributed by atoms with Crippen LogP contribution >= 0.6 is 0 Å². The predicted molar refractivity (Wildman–Crippen MR) is 135 cm³/mol. The van der Waals surface area contributed by atoms with Crippen molar-refractivity contribution in [3.63, 3.8) is 0 Å². The monoisotopic (exact) mass is 544 g/mol. The maximum atomic E-state index is 13.2. The molecule has 5 rings (SSSR count). The van der Waals surface area contributed by atoms with Crippen molar-refractivity contribution in [1.82, 2.24) is 15.3 Å². The summed E-state index contributed by atoms with van der Waals surface area (Å²) >= 11 is 0. The summed E-state index contributed by atoms with van der Waals surface area (Å²) in [6, 6.07) is 13.3. The molecule has 1 saturated carbocycles. The van der Waals surface area contributed by atoms with Gasteiger partial charge in [-0.1, -0.05) is 30.3 Å². The number of nitrogens with one attached hydrogen (secondary N) is 3. The number of amides is 1. The van der Waals surface area contributed by atoms with Crippen molar-refractivity contribution in [3.8, 4) is 11.1 Å². The smallest absolute Gasteiger partial charge is 0.391 e. The van der Waals surface area contributed by atoms with Crippen molar-refractivity contribution in [3.05, 3.63) is 78.1 Å². The Morgan fingerprint density at radius 3 is 2.39 bits per heavy atom. The molecule has 0 saturated heterocycles. The summed E-state index contributed by atoms with van der Waals surface area (Å²) in [4.78, 5) is 20.2. The Morgan fingerprint density at radius 2 is 1.76 bits per heavy atom. The zero-order chi connectivity index (χ0) is 27.1. The number of aromatic amines is 1. The number of aliphatic hydroxyl groups excluding tert-OH is 1. The van der Waals surface area contributed by atoms with E-state index in [9.17, 15) is 31.5 Å². The minimum Gasteiger partial charge on any atom is -0.391 e. The standard InChI is InChI=1S/C26H23F3N4O4S/c27-26(28,29)16-9-11-18(12-10-16)38(36,37)33-17-13-19-22(15-5-2-1-3-6-15)23(32-24(19)30-14-17)25(35)31-20-7-4-8-21(20)34/h1-3,5-6,9-14,20-21,33-34H,4,7-8H2,(H,30,32)(H,31,35)/t20-,21+/m0/s1. The minimum absolute atomic E-state index is 0.0618. The molecule has 2 atom stereocenters. The molecule has 0 radical (unpaired) electrons. The van der Waals surface area contributed by atoms with Gasteiger partial charge in [0.15, 0.2) is 0 Å². The number of halogens is 3. The van der Waals surface area contributed by atoms with E-state index in [0.717, 1.165) is 18.6 Å². The van der Waals surface area contributed by atoms with Crippen molar-refractivity contribution in [1.29, 1.82) is 0 Å². The number of fused-ring (bicyclic) bond motifs is 1. The Morgan fingerprint density at radius 1 is 1.05 bits per heavy atom. The largest absolute Gasteiger partial charge is 0.416 e. The fourth-order valence-corrected chi connectivity index (χ4v) is 5.62. The number of alkyl halides is 3. The third-order valence-corrected chi connectivity index (χ3v) is 7.88. The second kappa shape index (κ2) is 9.76. The molecule has 2 aromatic carbocycles. The summed E-state index contributed by atoms with van der Waals surface area (Å²) in [5.74, 6) is -0.431. The van der Waals surface area contributed by atoms with Crippen LogP contribution in [0.25, 0.3) is 22.2 Å². The third kappa shape index (κ3) is 5.09. The van der Waals surface area contributed by atoms with Crippen LogP contribution in [0.2, 0.25) is 0 Å². The van der Waals surface area contributed by atoms with Gasteiger partial charge < -0.3 is 15.4 Å². The second-order valence-electron chi connectivity index (χ2n) is 9.07. The lowest BCUT2D eigenvalue weighted by Crippen LogP contribution is -2.40. The maximum Gasteiger partial charge on any atom is 0.416 e. The third-order valence-electron chi connectivity index (χ3n) is 6.48. The number of aliphatic hydroxyl groups is 1. The highest BCUT2D eigenvalue weighted by atomic mass is 32.2. The van der Waals surface area contributed by atoms with Crippen molar-refractivity contribution < 1.29 is 31.5 Å².